The standard InChI is InChI=1S/C18H15NO5/c1-22-14-6-2-12(3-7-14)10-23-15-8-4-13(5-9-15)17-16(18(20)21)11-24-19-17/h2-9,11H,10H2,1H3,(H,20,21). The molecule has 0 amide bonds. The van der Waals surface area contributed by atoms with Crippen LogP contribution in [-0.4, -0.2) is 23.3 Å². The van der Waals surface area contributed by atoms with Crippen LogP contribution in [0.25, 0.3) is 11.3 Å². The monoisotopic (exact) mass is 325 g/mol. The van der Waals surface area contributed by atoms with Crippen LogP contribution in [0.5, 0.6) is 11.5 Å². The van der Waals surface area contributed by atoms with Crippen molar-refractivity contribution in [2.45, 2.75) is 6.61 Å². The number of aromatic nitrogens is 1. The second kappa shape index (κ2) is 6.87. The molecule has 2 aromatic carbocycles. The van der Waals surface area contributed by atoms with Crippen LogP contribution >= 0.6 is 0 Å². The first-order chi connectivity index (χ1) is 11.7. The van der Waals surface area contributed by atoms with Crippen LogP contribution in [0, 0.1) is 0 Å². The Morgan fingerprint density at radius 2 is 1.75 bits per heavy atom. The van der Waals surface area contributed by atoms with E-state index in [1.54, 1.807) is 31.4 Å². The molecule has 0 spiro atoms. The molecule has 0 saturated carbocycles. The Morgan fingerprint density at radius 1 is 1.08 bits per heavy atom. The zero-order chi connectivity index (χ0) is 16.9. The SMILES string of the molecule is COc1ccc(COc2ccc(-c3nocc3C(=O)O)cc2)cc1. The van der Waals surface area contributed by atoms with E-state index in [1.165, 1.54) is 0 Å². The fourth-order valence-corrected chi connectivity index (χ4v) is 2.19. The van der Waals surface area contributed by atoms with Crippen LogP contribution in [-0.2, 0) is 6.61 Å². The topological polar surface area (TPSA) is 81.8 Å². The maximum atomic E-state index is 11.1. The molecule has 0 fully saturated rings. The van der Waals surface area contributed by atoms with E-state index in [-0.39, 0.29) is 5.56 Å². The zero-order valence-electron chi connectivity index (χ0n) is 12.9. The molecule has 0 bridgehead atoms. The van der Waals surface area contributed by atoms with E-state index in [0.29, 0.717) is 23.6 Å². The van der Waals surface area contributed by atoms with Crippen LogP contribution in [0.3, 0.4) is 0 Å². The van der Waals surface area contributed by atoms with E-state index in [0.717, 1.165) is 17.6 Å². The first-order valence-corrected chi connectivity index (χ1v) is 7.21. The summed E-state index contributed by atoms with van der Waals surface area (Å²) in [4.78, 5) is 11.1. The van der Waals surface area contributed by atoms with Gasteiger partial charge >= 0.3 is 5.97 Å². The molecule has 3 aromatic rings. The maximum absolute atomic E-state index is 11.1. The van der Waals surface area contributed by atoms with Gasteiger partial charge in [0.15, 0.2) is 0 Å². The van der Waals surface area contributed by atoms with Gasteiger partial charge in [0.2, 0.25) is 0 Å². The van der Waals surface area contributed by atoms with Crippen molar-refractivity contribution < 1.29 is 23.9 Å². The number of ether oxygens (including phenoxy) is 2. The predicted molar refractivity (Wildman–Crippen MR) is 86.2 cm³/mol. The number of rotatable bonds is 6. The van der Waals surface area contributed by atoms with Gasteiger partial charge in [-0.05, 0) is 42.0 Å². The van der Waals surface area contributed by atoms with Crippen molar-refractivity contribution in [1.29, 1.82) is 0 Å². The molecule has 24 heavy (non-hydrogen) atoms. The summed E-state index contributed by atoms with van der Waals surface area (Å²) in [5.74, 6) is 0.394. The van der Waals surface area contributed by atoms with Crippen LogP contribution in [0.2, 0.25) is 0 Å². The Morgan fingerprint density at radius 3 is 2.38 bits per heavy atom. The molecule has 0 atom stereocenters. The van der Waals surface area contributed by atoms with E-state index in [9.17, 15) is 4.79 Å². The molecule has 122 valence electrons. The summed E-state index contributed by atoms with van der Waals surface area (Å²) in [6.07, 6.45) is 1.12. The average molecular weight is 325 g/mol. The van der Waals surface area contributed by atoms with Crippen molar-refractivity contribution in [2.75, 3.05) is 7.11 Å². The number of carboxylic acid groups (broad SMARTS) is 1. The number of benzene rings is 2. The molecule has 0 aliphatic carbocycles. The third-order valence-electron chi connectivity index (χ3n) is 3.49. The predicted octanol–water partition coefficient (Wildman–Crippen LogP) is 3.63. The smallest absolute Gasteiger partial charge is 0.341 e. The minimum Gasteiger partial charge on any atom is -0.497 e. The third-order valence-corrected chi connectivity index (χ3v) is 3.49. The summed E-state index contributed by atoms with van der Waals surface area (Å²) in [7, 11) is 1.62. The summed E-state index contributed by atoms with van der Waals surface area (Å²) >= 11 is 0. The minimum absolute atomic E-state index is 0.0295. The third kappa shape index (κ3) is 3.38. The molecule has 1 heterocycles. The Balaban J connectivity index is 1.68. The molecule has 3 rings (SSSR count). The lowest BCUT2D eigenvalue weighted by atomic mass is 10.1. The second-order valence-electron chi connectivity index (χ2n) is 5.04. The van der Waals surface area contributed by atoms with Crippen molar-refractivity contribution in [3.8, 4) is 22.8 Å². The maximum Gasteiger partial charge on any atom is 0.341 e. The van der Waals surface area contributed by atoms with Gasteiger partial charge in [0.05, 0.1) is 7.11 Å². The Kier molecular flexibility index (Phi) is 4.47. The number of hydrogen-bond acceptors (Lipinski definition) is 5. The quantitative estimate of drug-likeness (QED) is 0.745. The molecule has 0 unspecified atom stereocenters. The van der Waals surface area contributed by atoms with E-state index in [4.69, 9.17) is 19.1 Å². The van der Waals surface area contributed by atoms with Crippen molar-refractivity contribution >= 4 is 5.97 Å². The molecule has 6 heteroatoms. The summed E-state index contributed by atoms with van der Waals surface area (Å²) in [5.41, 5.74) is 1.99. The van der Waals surface area contributed by atoms with Gasteiger partial charge in [-0.25, -0.2) is 4.79 Å². The van der Waals surface area contributed by atoms with Crippen LogP contribution in [0.1, 0.15) is 15.9 Å². The Hall–Kier alpha value is -3.28. The van der Waals surface area contributed by atoms with Gasteiger partial charge in [-0.1, -0.05) is 17.3 Å². The number of methoxy groups -OCH3 is 1. The fraction of sp³-hybridized carbons (Fsp3) is 0.111. The number of hydrogen-bond donors (Lipinski definition) is 1. The Labute approximate surface area is 138 Å². The van der Waals surface area contributed by atoms with Crippen LogP contribution in [0.4, 0.5) is 0 Å². The summed E-state index contributed by atoms with van der Waals surface area (Å²) in [6, 6.07) is 14.6. The van der Waals surface area contributed by atoms with Gasteiger partial charge in [-0.2, -0.15) is 0 Å². The highest BCUT2D eigenvalue weighted by molar-refractivity contribution is 5.94. The van der Waals surface area contributed by atoms with E-state index >= 15 is 0 Å². The molecule has 6 nitrogen and oxygen atoms in total. The summed E-state index contributed by atoms with van der Waals surface area (Å²) < 4.78 is 15.6. The van der Waals surface area contributed by atoms with Gasteiger partial charge in [0.25, 0.3) is 0 Å². The number of carbonyl (C=O) groups is 1. The molecule has 1 aromatic heterocycles. The van der Waals surface area contributed by atoms with E-state index in [1.807, 2.05) is 24.3 Å². The van der Waals surface area contributed by atoms with Crippen molar-refractivity contribution in [2.24, 2.45) is 0 Å². The molecular formula is C18H15NO5. The fourth-order valence-electron chi connectivity index (χ4n) is 2.19. The minimum atomic E-state index is -1.08. The number of aromatic carboxylic acids is 1. The van der Waals surface area contributed by atoms with Crippen LogP contribution < -0.4 is 9.47 Å². The van der Waals surface area contributed by atoms with Crippen molar-refractivity contribution in [3.05, 3.63) is 65.9 Å². The van der Waals surface area contributed by atoms with Gasteiger partial charge in [-0.3, -0.25) is 0 Å². The second-order valence-corrected chi connectivity index (χ2v) is 5.04. The molecule has 0 radical (unpaired) electrons. The summed E-state index contributed by atoms with van der Waals surface area (Å²) in [6.45, 7) is 0.424. The Bertz CT molecular complexity index is 821. The highest BCUT2D eigenvalue weighted by Gasteiger charge is 2.16. The van der Waals surface area contributed by atoms with Gasteiger partial charge in [0.1, 0.15) is 35.6 Å². The largest absolute Gasteiger partial charge is 0.497 e. The normalized spacial score (nSPS) is 10.4. The van der Waals surface area contributed by atoms with E-state index in [2.05, 4.69) is 5.16 Å². The summed E-state index contributed by atoms with van der Waals surface area (Å²) in [5, 5.41) is 12.8. The van der Waals surface area contributed by atoms with Gasteiger partial charge < -0.3 is 19.1 Å². The lowest BCUT2D eigenvalue weighted by Crippen LogP contribution is -1.97. The highest BCUT2D eigenvalue weighted by Crippen LogP contribution is 2.25. The first-order valence-electron chi connectivity index (χ1n) is 7.21. The van der Waals surface area contributed by atoms with Crippen molar-refractivity contribution in [3.63, 3.8) is 0 Å². The average Bonchev–Trinajstić information content (AvgIpc) is 3.11. The molecule has 0 saturated heterocycles. The molecule has 0 aliphatic heterocycles. The van der Waals surface area contributed by atoms with Gasteiger partial charge in [0, 0.05) is 5.56 Å². The lowest BCUT2D eigenvalue weighted by molar-refractivity contribution is 0.0697. The van der Waals surface area contributed by atoms with Crippen molar-refractivity contribution in [1.82, 2.24) is 5.16 Å². The molecule has 1 N–H and O–H groups in total. The zero-order valence-corrected chi connectivity index (χ0v) is 12.9. The molecular weight excluding hydrogens is 310 g/mol. The first kappa shape index (κ1) is 15.6. The number of carboxylic acids is 1. The van der Waals surface area contributed by atoms with Gasteiger partial charge in [-0.15, -0.1) is 0 Å². The van der Waals surface area contributed by atoms with Crippen LogP contribution in [0.15, 0.2) is 59.3 Å². The van der Waals surface area contributed by atoms with E-state index < -0.39 is 5.97 Å². The highest BCUT2D eigenvalue weighted by atomic mass is 16.5. The lowest BCUT2D eigenvalue weighted by Gasteiger charge is -2.07. The molecule has 0 aliphatic rings. The number of nitrogens with zero attached hydrogens (tertiary/aromatic N) is 1.